The topological polar surface area (TPSA) is 79.4 Å². The number of carbonyl (C=O) groups is 1. The number of nitrogens with one attached hydrogen (secondary N) is 1. The van der Waals surface area contributed by atoms with Gasteiger partial charge in [-0.25, -0.2) is 13.1 Å². The second-order valence-corrected chi connectivity index (χ2v) is 7.87. The van der Waals surface area contributed by atoms with Gasteiger partial charge in [-0.05, 0) is 48.9 Å². The summed E-state index contributed by atoms with van der Waals surface area (Å²) in [4.78, 5) is 18.6. The minimum Gasteiger partial charge on any atom is -0.309 e. The van der Waals surface area contributed by atoms with Crippen LogP contribution in [0.1, 0.15) is 22.8 Å². The van der Waals surface area contributed by atoms with Crippen molar-refractivity contribution >= 4 is 21.6 Å². The van der Waals surface area contributed by atoms with Crippen LogP contribution in [0.4, 0.5) is 5.69 Å². The second kappa shape index (κ2) is 8.77. The van der Waals surface area contributed by atoms with Gasteiger partial charge in [0.1, 0.15) is 0 Å². The van der Waals surface area contributed by atoms with Crippen LogP contribution in [-0.4, -0.2) is 25.9 Å². The summed E-state index contributed by atoms with van der Waals surface area (Å²) in [6.45, 7) is 2.47. The second-order valence-electron chi connectivity index (χ2n) is 6.10. The lowest BCUT2D eigenvalue weighted by molar-refractivity contribution is 0.0988. The number of carbonyl (C=O) groups excluding carboxylic acids is 1. The highest BCUT2D eigenvalue weighted by Gasteiger charge is 2.20. The third-order valence-electron chi connectivity index (χ3n) is 4.21. The fourth-order valence-electron chi connectivity index (χ4n) is 2.77. The Kier molecular flexibility index (Phi) is 6.18. The molecule has 3 rings (SSSR count). The van der Waals surface area contributed by atoms with Crippen LogP contribution in [0.25, 0.3) is 0 Å². The molecule has 28 heavy (non-hydrogen) atoms. The molecular formula is C21H21N3O3S. The van der Waals surface area contributed by atoms with Crippen molar-refractivity contribution in [1.29, 1.82) is 0 Å². The molecule has 144 valence electrons. The Morgan fingerprint density at radius 3 is 2.50 bits per heavy atom. The van der Waals surface area contributed by atoms with Gasteiger partial charge in [-0.15, -0.1) is 0 Å². The van der Waals surface area contributed by atoms with Gasteiger partial charge in [-0.2, -0.15) is 0 Å². The van der Waals surface area contributed by atoms with Crippen molar-refractivity contribution in [3.8, 4) is 0 Å². The quantitative estimate of drug-likeness (QED) is 0.666. The Morgan fingerprint density at radius 2 is 1.82 bits per heavy atom. The van der Waals surface area contributed by atoms with E-state index in [4.69, 9.17) is 0 Å². The van der Waals surface area contributed by atoms with E-state index in [0.29, 0.717) is 12.1 Å². The molecule has 6 nitrogen and oxygen atoms in total. The number of hydrogen-bond acceptors (Lipinski definition) is 4. The minimum absolute atomic E-state index is 0.0476. The van der Waals surface area contributed by atoms with Gasteiger partial charge in [0, 0.05) is 36.7 Å². The normalized spacial score (nSPS) is 11.2. The Hall–Kier alpha value is -3.03. The summed E-state index contributed by atoms with van der Waals surface area (Å²) in [5, 5.41) is 0. The highest BCUT2D eigenvalue weighted by molar-refractivity contribution is 7.89. The molecule has 0 saturated carbocycles. The van der Waals surface area contributed by atoms with E-state index in [1.807, 2.05) is 37.3 Å². The van der Waals surface area contributed by atoms with Gasteiger partial charge in [0.05, 0.1) is 4.90 Å². The van der Waals surface area contributed by atoms with Gasteiger partial charge < -0.3 is 4.90 Å². The lowest BCUT2D eigenvalue weighted by Gasteiger charge is -2.21. The standard InChI is InChI=1S/C21H21N3O3S/c1-2-24(19-10-4-3-5-11-19)21(25)18-9-6-12-20(14-18)28(26,27)23-16-17-8-7-13-22-15-17/h3-15,23H,2,16H2,1H3. The molecule has 1 aromatic heterocycles. The molecule has 0 atom stereocenters. The third kappa shape index (κ3) is 4.62. The zero-order valence-corrected chi connectivity index (χ0v) is 16.3. The average molecular weight is 395 g/mol. The molecule has 1 N–H and O–H groups in total. The van der Waals surface area contributed by atoms with Crippen LogP contribution in [0, 0.1) is 0 Å². The lowest BCUT2D eigenvalue weighted by atomic mass is 10.2. The molecule has 3 aromatic rings. The van der Waals surface area contributed by atoms with E-state index in [2.05, 4.69) is 9.71 Å². The van der Waals surface area contributed by atoms with Crippen LogP contribution < -0.4 is 9.62 Å². The smallest absolute Gasteiger partial charge is 0.258 e. The number of pyridine rings is 1. The van der Waals surface area contributed by atoms with E-state index in [9.17, 15) is 13.2 Å². The van der Waals surface area contributed by atoms with Crippen molar-refractivity contribution < 1.29 is 13.2 Å². The maximum Gasteiger partial charge on any atom is 0.258 e. The van der Waals surface area contributed by atoms with Crippen molar-refractivity contribution in [2.75, 3.05) is 11.4 Å². The number of benzene rings is 2. The summed E-state index contributed by atoms with van der Waals surface area (Å²) in [6, 6.07) is 18.9. The van der Waals surface area contributed by atoms with Crippen LogP contribution in [0.5, 0.6) is 0 Å². The predicted octanol–water partition coefficient (Wildman–Crippen LogP) is 3.23. The minimum atomic E-state index is -3.76. The van der Waals surface area contributed by atoms with E-state index >= 15 is 0 Å². The van der Waals surface area contributed by atoms with Crippen LogP contribution in [0.3, 0.4) is 0 Å². The van der Waals surface area contributed by atoms with Gasteiger partial charge >= 0.3 is 0 Å². The van der Waals surface area contributed by atoms with Gasteiger partial charge in [0.2, 0.25) is 10.0 Å². The van der Waals surface area contributed by atoms with Crippen LogP contribution in [-0.2, 0) is 16.6 Å². The van der Waals surface area contributed by atoms with E-state index in [1.165, 1.54) is 12.1 Å². The SMILES string of the molecule is CCN(C(=O)c1cccc(S(=O)(=O)NCc2cccnc2)c1)c1ccccc1. The molecule has 0 unspecified atom stereocenters. The molecule has 0 spiro atoms. The number of aromatic nitrogens is 1. The Balaban J connectivity index is 1.82. The first-order valence-electron chi connectivity index (χ1n) is 8.87. The maximum atomic E-state index is 12.9. The predicted molar refractivity (Wildman–Crippen MR) is 108 cm³/mol. The molecule has 0 aliphatic carbocycles. The summed E-state index contributed by atoms with van der Waals surface area (Å²) in [5.74, 6) is -0.252. The molecule has 1 amide bonds. The largest absolute Gasteiger partial charge is 0.309 e. The number of rotatable bonds is 7. The molecule has 1 heterocycles. The first-order chi connectivity index (χ1) is 13.5. The van der Waals surface area contributed by atoms with E-state index in [1.54, 1.807) is 41.6 Å². The van der Waals surface area contributed by atoms with Crippen molar-refractivity contribution in [2.24, 2.45) is 0 Å². The monoisotopic (exact) mass is 395 g/mol. The van der Waals surface area contributed by atoms with Gasteiger partial charge in [-0.1, -0.05) is 30.3 Å². The summed E-state index contributed by atoms with van der Waals surface area (Å²) in [6.07, 6.45) is 3.22. The van der Waals surface area contributed by atoms with E-state index in [0.717, 1.165) is 11.3 Å². The Labute approximate surface area is 164 Å². The average Bonchev–Trinajstić information content (AvgIpc) is 2.74. The van der Waals surface area contributed by atoms with Crippen molar-refractivity contribution in [1.82, 2.24) is 9.71 Å². The van der Waals surface area contributed by atoms with Crippen LogP contribution in [0.2, 0.25) is 0 Å². The van der Waals surface area contributed by atoms with Crippen LogP contribution in [0.15, 0.2) is 84.0 Å². The summed E-state index contributed by atoms with van der Waals surface area (Å²) >= 11 is 0. The Morgan fingerprint density at radius 1 is 1.04 bits per heavy atom. The lowest BCUT2D eigenvalue weighted by Crippen LogP contribution is -2.31. The first-order valence-corrected chi connectivity index (χ1v) is 10.3. The van der Waals surface area contributed by atoms with Gasteiger partial charge in [0.25, 0.3) is 5.91 Å². The van der Waals surface area contributed by atoms with Crippen LogP contribution >= 0.6 is 0 Å². The molecule has 2 aromatic carbocycles. The fourth-order valence-corrected chi connectivity index (χ4v) is 3.83. The first kappa shape index (κ1) is 19.7. The molecule has 0 fully saturated rings. The number of hydrogen-bond donors (Lipinski definition) is 1. The van der Waals surface area contributed by atoms with Crippen molar-refractivity contribution in [3.05, 3.63) is 90.3 Å². The number of para-hydroxylation sites is 1. The molecule has 0 aliphatic heterocycles. The number of sulfonamides is 1. The molecule has 0 saturated heterocycles. The fraction of sp³-hybridized carbons (Fsp3) is 0.143. The Bertz CT molecular complexity index is 1040. The highest BCUT2D eigenvalue weighted by atomic mass is 32.2. The summed E-state index contributed by atoms with van der Waals surface area (Å²) in [5.41, 5.74) is 1.83. The van der Waals surface area contributed by atoms with Gasteiger partial charge in [0.15, 0.2) is 0 Å². The van der Waals surface area contributed by atoms with E-state index < -0.39 is 10.0 Å². The number of anilines is 1. The third-order valence-corrected chi connectivity index (χ3v) is 5.61. The maximum absolute atomic E-state index is 12.9. The number of nitrogens with zero attached hydrogens (tertiary/aromatic N) is 2. The summed E-state index contributed by atoms with van der Waals surface area (Å²) < 4.78 is 27.8. The zero-order valence-electron chi connectivity index (χ0n) is 15.4. The zero-order chi connectivity index (χ0) is 20.0. The van der Waals surface area contributed by atoms with E-state index in [-0.39, 0.29) is 17.3 Å². The van der Waals surface area contributed by atoms with Crippen molar-refractivity contribution in [2.45, 2.75) is 18.4 Å². The molecule has 0 radical (unpaired) electrons. The highest BCUT2D eigenvalue weighted by Crippen LogP contribution is 2.19. The molecule has 0 aliphatic rings. The number of amides is 1. The van der Waals surface area contributed by atoms with Crippen molar-refractivity contribution in [3.63, 3.8) is 0 Å². The molecule has 7 heteroatoms. The summed E-state index contributed by atoms with van der Waals surface area (Å²) in [7, 11) is -3.76. The molecular weight excluding hydrogens is 374 g/mol. The molecule has 0 bridgehead atoms. The van der Waals surface area contributed by atoms with Gasteiger partial charge in [-0.3, -0.25) is 9.78 Å².